The van der Waals surface area contributed by atoms with Crippen molar-refractivity contribution in [2.75, 3.05) is 20.2 Å². The van der Waals surface area contributed by atoms with Crippen LogP contribution in [0.15, 0.2) is 64.6 Å². The molecule has 0 atom stereocenters. The number of nitrogens with zero attached hydrogens (tertiary/aromatic N) is 4. The third-order valence-corrected chi connectivity index (χ3v) is 7.02. The number of amides is 1. The highest BCUT2D eigenvalue weighted by atomic mass is 32.2. The number of piperidine rings is 1. The van der Waals surface area contributed by atoms with Crippen LogP contribution >= 0.6 is 11.8 Å². The fourth-order valence-corrected chi connectivity index (χ4v) is 5.16. The fourth-order valence-electron chi connectivity index (χ4n) is 4.20. The van der Waals surface area contributed by atoms with Gasteiger partial charge in [-0.05, 0) is 79.9 Å². The molecule has 0 saturated carbocycles. The Bertz CT molecular complexity index is 1240. The van der Waals surface area contributed by atoms with E-state index in [0.29, 0.717) is 4.91 Å². The first kappa shape index (κ1) is 21.5. The van der Waals surface area contributed by atoms with E-state index in [1.807, 2.05) is 72.4 Å². The van der Waals surface area contributed by atoms with Crippen molar-refractivity contribution in [3.05, 3.63) is 70.8 Å². The van der Waals surface area contributed by atoms with Crippen molar-refractivity contribution in [3.63, 3.8) is 0 Å². The summed E-state index contributed by atoms with van der Waals surface area (Å²) in [5, 5.41) is 5.73. The van der Waals surface area contributed by atoms with E-state index in [-0.39, 0.29) is 5.91 Å². The van der Waals surface area contributed by atoms with Crippen molar-refractivity contribution in [2.45, 2.75) is 26.2 Å². The summed E-state index contributed by atoms with van der Waals surface area (Å²) >= 11 is 1.47. The van der Waals surface area contributed by atoms with Crippen molar-refractivity contribution in [1.82, 2.24) is 14.7 Å². The number of aliphatic imine (C=N–C) groups is 1. The number of hydrogen-bond donors (Lipinski definition) is 0. The molecule has 1 aromatic heterocycles. The van der Waals surface area contributed by atoms with Gasteiger partial charge in [0.05, 0.1) is 17.7 Å². The van der Waals surface area contributed by atoms with Crippen LogP contribution in [0.4, 0.5) is 0 Å². The second-order valence-corrected chi connectivity index (χ2v) is 9.26. The summed E-state index contributed by atoms with van der Waals surface area (Å²) in [5.41, 5.74) is 4.74. The number of rotatable bonds is 4. The third-order valence-electron chi connectivity index (χ3n) is 5.97. The van der Waals surface area contributed by atoms with Crippen molar-refractivity contribution in [2.24, 2.45) is 4.99 Å². The molecule has 0 unspecified atom stereocenters. The topological polar surface area (TPSA) is 59.7 Å². The highest BCUT2D eigenvalue weighted by Gasteiger charge is 2.27. The molecule has 2 aromatic carbocycles. The number of aryl methyl sites for hydroxylation is 1. The summed E-state index contributed by atoms with van der Waals surface area (Å²) in [5.74, 6) is 0.630. The minimum absolute atomic E-state index is 0.176. The Balaban J connectivity index is 1.54. The molecule has 3 heterocycles. The third kappa shape index (κ3) is 4.46. The Morgan fingerprint density at radius 3 is 2.58 bits per heavy atom. The fraction of sp³-hybridized carbons (Fsp3) is 0.269. The van der Waals surface area contributed by atoms with Crippen molar-refractivity contribution in [3.8, 4) is 22.7 Å². The molecule has 6 nitrogen and oxygen atoms in total. The molecule has 1 amide bonds. The maximum absolute atomic E-state index is 12.8. The van der Waals surface area contributed by atoms with Crippen LogP contribution in [0.25, 0.3) is 23.0 Å². The zero-order chi connectivity index (χ0) is 22.8. The van der Waals surface area contributed by atoms with Crippen molar-refractivity contribution in [1.29, 1.82) is 0 Å². The van der Waals surface area contributed by atoms with Crippen LogP contribution in [0, 0.1) is 6.92 Å². The van der Waals surface area contributed by atoms with E-state index in [1.165, 1.54) is 18.2 Å². The first-order valence-corrected chi connectivity index (χ1v) is 12.0. The SMILES string of the molecule is COc1ccc(-c2nn(-c3ccccc3)cc2/C=C2\SC(N3CCCCC3)=NC2=O)c(C)c1. The normalized spacial score (nSPS) is 17.5. The van der Waals surface area contributed by atoms with Gasteiger partial charge in [0.25, 0.3) is 5.91 Å². The number of thioether (sulfide) groups is 1. The molecule has 2 aliphatic heterocycles. The van der Waals surface area contributed by atoms with E-state index in [1.54, 1.807) is 7.11 Å². The van der Waals surface area contributed by atoms with Crippen LogP contribution in [0.3, 0.4) is 0 Å². The number of methoxy groups -OCH3 is 1. The van der Waals surface area contributed by atoms with Gasteiger partial charge in [0.15, 0.2) is 5.17 Å². The Kier molecular flexibility index (Phi) is 6.05. The molecule has 0 radical (unpaired) electrons. The number of hydrogen-bond acceptors (Lipinski definition) is 5. The number of likely N-dealkylation sites (tertiary alicyclic amines) is 1. The van der Waals surface area contributed by atoms with Crippen LogP contribution < -0.4 is 4.74 Å². The van der Waals surface area contributed by atoms with Gasteiger partial charge in [-0.25, -0.2) is 4.68 Å². The molecule has 168 valence electrons. The quantitative estimate of drug-likeness (QED) is 0.496. The lowest BCUT2D eigenvalue weighted by Crippen LogP contribution is -2.33. The van der Waals surface area contributed by atoms with E-state index in [9.17, 15) is 4.79 Å². The van der Waals surface area contributed by atoms with Crippen LogP contribution in [0.5, 0.6) is 5.75 Å². The molecule has 7 heteroatoms. The summed E-state index contributed by atoms with van der Waals surface area (Å²) in [6, 6.07) is 16.0. The van der Waals surface area contributed by atoms with Gasteiger partial charge in [-0.3, -0.25) is 4.79 Å². The molecule has 0 aliphatic carbocycles. The standard InChI is InChI=1S/C26H26N4O2S/c1-18-15-21(32-2)11-12-22(18)24-19(17-30(28-24)20-9-5-3-6-10-20)16-23-25(31)27-26(33-23)29-13-7-4-8-14-29/h3,5-6,9-12,15-17H,4,7-8,13-14H2,1-2H3/b23-16-. The lowest BCUT2D eigenvalue weighted by Gasteiger charge is -2.27. The van der Waals surface area contributed by atoms with Crippen LogP contribution in [-0.4, -0.2) is 46.0 Å². The van der Waals surface area contributed by atoms with Gasteiger partial charge in [0.2, 0.25) is 0 Å². The molecule has 5 rings (SSSR count). The number of carbonyl (C=O) groups is 1. The van der Waals surface area contributed by atoms with Crippen LogP contribution in [-0.2, 0) is 4.79 Å². The first-order valence-electron chi connectivity index (χ1n) is 11.2. The maximum Gasteiger partial charge on any atom is 0.286 e. The van der Waals surface area contributed by atoms with Crippen molar-refractivity contribution < 1.29 is 9.53 Å². The predicted octanol–water partition coefficient (Wildman–Crippen LogP) is 5.31. The lowest BCUT2D eigenvalue weighted by atomic mass is 10.0. The Hall–Kier alpha value is -3.32. The van der Waals surface area contributed by atoms with Gasteiger partial charge >= 0.3 is 0 Å². The molecule has 1 saturated heterocycles. The summed E-state index contributed by atoms with van der Waals surface area (Å²) in [7, 11) is 1.66. The summed E-state index contributed by atoms with van der Waals surface area (Å²) in [4.78, 5) is 20.0. The Labute approximate surface area is 198 Å². The number of benzene rings is 2. The second-order valence-electron chi connectivity index (χ2n) is 8.25. The van der Waals surface area contributed by atoms with E-state index in [0.717, 1.165) is 64.9 Å². The average Bonchev–Trinajstić information content (AvgIpc) is 3.44. The number of aromatic nitrogens is 2. The maximum atomic E-state index is 12.8. The highest BCUT2D eigenvalue weighted by Crippen LogP contribution is 2.35. The molecular weight excluding hydrogens is 432 g/mol. The summed E-state index contributed by atoms with van der Waals surface area (Å²) in [6.45, 7) is 3.98. The zero-order valence-electron chi connectivity index (χ0n) is 18.8. The van der Waals surface area contributed by atoms with E-state index >= 15 is 0 Å². The predicted molar refractivity (Wildman–Crippen MR) is 134 cm³/mol. The van der Waals surface area contributed by atoms with Gasteiger partial charge < -0.3 is 9.64 Å². The number of ether oxygens (including phenoxy) is 1. The van der Waals surface area contributed by atoms with Gasteiger partial charge in [-0.1, -0.05) is 18.2 Å². The Morgan fingerprint density at radius 2 is 1.85 bits per heavy atom. The van der Waals surface area contributed by atoms with Gasteiger partial charge in [0.1, 0.15) is 11.4 Å². The molecule has 0 spiro atoms. The highest BCUT2D eigenvalue weighted by molar-refractivity contribution is 8.18. The van der Waals surface area contributed by atoms with Crippen molar-refractivity contribution >= 4 is 28.9 Å². The van der Waals surface area contributed by atoms with E-state index in [4.69, 9.17) is 9.84 Å². The smallest absolute Gasteiger partial charge is 0.286 e. The minimum Gasteiger partial charge on any atom is -0.497 e. The molecule has 3 aromatic rings. The largest absolute Gasteiger partial charge is 0.497 e. The number of amidine groups is 1. The van der Waals surface area contributed by atoms with E-state index in [2.05, 4.69) is 9.89 Å². The zero-order valence-corrected chi connectivity index (χ0v) is 19.6. The monoisotopic (exact) mass is 458 g/mol. The molecule has 0 bridgehead atoms. The minimum atomic E-state index is -0.176. The molecule has 2 aliphatic rings. The summed E-state index contributed by atoms with van der Waals surface area (Å²) < 4.78 is 7.24. The first-order chi connectivity index (χ1) is 16.1. The van der Waals surface area contributed by atoms with Gasteiger partial charge in [-0.15, -0.1) is 0 Å². The van der Waals surface area contributed by atoms with E-state index < -0.39 is 0 Å². The van der Waals surface area contributed by atoms with Crippen LogP contribution in [0.1, 0.15) is 30.4 Å². The molecular formula is C26H26N4O2S. The molecule has 33 heavy (non-hydrogen) atoms. The molecule has 0 N–H and O–H groups in total. The van der Waals surface area contributed by atoms with Gasteiger partial charge in [-0.2, -0.15) is 10.1 Å². The Morgan fingerprint density at radius 1 is 1.06 bits per heavy atom. The lowest BCUT2D eigenvalue weighted by molar-refractivity contribution is -0.113. The van der Waals surface area contributed by atoms with Gasteiger partial charge in [0, 0.05) is 30.4 Å². The molecule has 1 fully saturated rings. The number of carbonyl (C=O) groups excluding carboxylic acids is 1. The number of para-hydroxylation sites is 1. The van der Waals surface area contributed by atoms with Crippen LogP contribution in [0.2, 0.25) is 0 Å². The second kappa shape index (κ2) is 9.27. The summed E-state index contributed by atoms with van der Waals surface area (Å²) in [6.07, 6.45) is 7.45. The average molecular weight is 459 g/mol.